The van der Waals surface area contributed by atoms with E-state index in [2.05, 4.69) is 29.3 Å². The fourth-order valence-corrected chi connectivity index (χ4v) is 8.40. The van der Waals surface area contributed by atoms with Crippen LogP contribution in [-0.2, 0) is 30.7 Å². The molecule has 1 saturated heterocycles. The number of carboxylic acid groups (broad SMARTS) is 2. The molecule has 1 heterocycles. The first-order valence-corrected chi connectivity index (χ1v) is 21.6. The van der Waals surface area contributed by atoms with Crippen LogP contribution < -0.4 is 5.32 Å². The number of aryl methyl sites for hydroxylation is 1. The first kappa shape index (κ1) is 42.5. The lowest BCUT2D eigenvalue weighted by molar-refractivity contribution is -0.141. The Bertz CT molecular complexity index is 1540. The highest BCUT2D eigenvalue weighted by Gasteiger charge is 2.35. The van der Waals surface area contributed by atoms with Gasteiger partial charge < -0.3 is 20.3 Å². The molecule has 2 aliphatic rings. The third-order valence-electron chi connectivity index (χ3n) is 10.1. The summed E-state index contributed by atoms with van der Waals surface area (Å²) in [7, 11) is -1.22. The van der Waals surface area contributed by atoms with Crippen LogP contribution in [0.2, 0.25) is 0 Å². The molecule has 12 heteroatoms. The fourth-order valence-electron chi connectivity index (χ4n) is 7.14. The summed E-state index contributed by atoms with van der Waals surface area (Å²) in [4.78, 5) is 38.2. The summed E-state index contributed by atoms with van der Waals surface area (Å²) in [5, 5.41) is 20.9. The van der Waals surface area contributed by atoms with Crippen molar-refractivity contribution in [3.8, 4) is 11.1 Å². The van der Waals surface area contributed by atoms with E-state index >= 15 is 0 Å². The number of carbonyl (C=O) groups excluding carboxylic acids is 1. The molecular formula is C39H58N2O8S2. The van der Waals surface area contributed by atoms with Gasteiger partial charge in [0.05, 0.1) is 18.3 Å². The Morgan fingerprint density at radius 2 is 1.65 bits per heavy atom. The molecule has 2 aromatic rings. The van der Waals surface area contributed by atoms with Gasteiger partial charge in [0.25, 0.3) is 5.91 Å². The molecule has 1 saturated carbocycles. The Morgan fingerprint density at radius 1 is 0.961 bits per heavy atom. The highest BCUT2D eigenvalue weighted by Crippen LogP contribution is 2.36. The molecule has 2 aromatic carbocycles. The number of hydrogen-bond donors (Lipinski definition) is 3. The van der Waals surface area contributed by atoms with Crippen LogP contribution in [0, 0.1) is 18.8 Å². The maximum absolute atomic E-state index is 13.5. The standard InChI is InChI=1S/C33H46N2O4S.C6H12O4S/c1-23-9-7-8-12-28(23)30-20-25(13-16-29(30)32(36)34-31(33(37)38)17-18-40-3)21-35-26(14-15-27(35)22-39-2)19-24-10-5-4-6-11-24;1-5(6(7)8)3-4-11(2,9)10/h7-9,12-13,16,20,24,26-27,31H,4-6,10-11,14-15,17-19,21-22H2,1-3H3,(H,34,36)(H,37,38);5H,3-4H2,1-2H3,(H,7,8)/t26-,27+,31?;/m0./s1. The van der Waals surface area contributed by atoms with Gasteiger partial charge in [0.15, 0.2) is 0 Å². The minimum Gasteiger partial charge on any atom is -0.481 e. The van der Waals surface area contributed by atoms with Crippen LogP contribution in [0.15, 0.2) is 42.5 Å². The van der Waals surface area contributed by atoms with E-state index < -0.39 is 33.7 Å². The molecular weight excluding hydrogens is 689 g/mol. The zero-order valence-electron chi connectivity index (χ0n) is 30.9. The third kappa shape index (κ3) is 13.9. The summed E-state index contributed by atoms with van der Waals surface area (Å²) in [6.07, 6.45) is 14.1. The number of hydrogen-bond acceptors (Lipinski definition) is 8. The van der Waals surface area contributed by atoms with E-state index in [0.29, 0.717) is 29.8 Å². The first-order chi connectivity index (χ1) is 24.2. The lowest BCUT2D eigenvalue weighted by Gasteiger charge is -2.33. The number of rotatable bonds is 17. The molecule has 3 N–H and O–H groups in total. The molecule has 1 aliphatic carbocycles. The second-order valence-electron chi connectivity index (χ2n) is 14.3. The molecule has 4 atom stereocenters. The topological polar surface area (TPSA) is 150 Å². The SMILES string of the molecule is CC(CCS(C)(=O)=O)C(=O)O.COC[C@H]1CC[C@@H](CC2CCCCC2)N1Cc1ccc(C(=O)NC(CCSC)C(=O)O)c(-c2ccccc2C)c1. The smallest absolute Gasteiger partial charge is 0.326 e. The molecule has 0 aromatic heterocycles. The summed E-state index contributed by atoms with van der Waals surface area (Å²) in [6.45, 7) is 5.10. The molecule has 51 heavy (non-hydrogen) atoms. The van der Waals surface area contributed by atoms with Crippen molar-refractivity contribution in [1.82, 2.24) is 10.2 Å². The number of amides is 1. The van der Waals surface area contributed by atoms with Crippen molar-refractivity contribution in [2.75, 3.05) is 37.7 Å². The largest absolute Gasteiger partial charge is 0.481 e. The number of likely N-dealkylation sites (tertiary alicyclic amines) is 1. The molecule has 2 unspecified atom stereocenters. The number of nitrogens with one attached hydrogen (secondary N) is 1. The predicted octanol–water partition coefficient (Wildman–Crippen LogP) is 6.69. The van der Waals surface area contributed by atoms with Gasteiger partial charge in [0.1, 0.15) is 15.9 Å². The Morgan fingerprint density at radius 3 is 2.25 bits per heavy atom. The minimum absolute atomic E-state index is 0.0551. The highest BCUT2D eigenvalue weighted by atomic mass is 32.2. The van der Waals surface area contributed by atoms with Crippen LogP contribution >= 0.6 is 11.8 Å². The normalized spacial score (nSPS) is 19.5. The second kappa shape index (κ2) is 20.9. The summed E-state index contributed by atoms with van der Waals surface area (Å²) in [5.74, 6) is -1.43. The van der Waals surface area contributed by atoms with Gasteiger partial charge in [-0.2, -0.15) is 11.8 Å². The third-order valence-corrected chi connectivity index (χ3v) is 11.8. The fraction of sp³-hybridized carbons (Fsp3) is 0.615. The molecule has 0 bridgehead atoms. The van der Waals surface area contributed by atoms with E-state index in [1.807, 2.05) is 36.6 Å². The van der Waals surface area contributed by atoms with E-state index in [0.717, 1.165) is 48.4 Å². The molecule has 2 fully saturated rings. The first-order valence-electron chi connectivity index (χ1n) is 18.1. The van der Waals surface area contributed by atoms with Gasteiger partial charge in [0, 0.05) is 37.6 Å². The second-order valence-corrected chi connectivity index (χ2v) is 17.5. The number of sulfone groups is 1. The number of thioether (sulfide) groups is 1. The number of nitrogens with zero attached hydrogens (tertiary/aromatic N) is 1. The highest BCUT2D eigenvalue weighted by molar-refractivity contribution is 7.98. The van der Waals surface area contributed by atoms with Crippen LogP contribution in [0.1, 0.15) is 92.6 Å². The van der Waals surface area contributed by atoms with Gasteiger partial charge >= 0.3 is 11.9 Å². The van der Waals surface area contributed by atoms with E-state index in [-0.39, 0.29) is 18.1 Å². The monoisotopic (exact) mass is 746 g/mol. The number of ether oxygens (including phenoxy) is 1. The van der Waals surface area contributed by atoms with E-state index in [1.165, 1.54) is 57.4 Å². The molecule has 284 valence electrons. The van der Waals surface area contributed by atoms with Crippen LogP contribution in [0.5, 0.6) is 0 Å². The van der Waals surface area contributed by atoms with E-state index in [4.69, 9.17) is 9.84 Å². The average Bonchev–Trinajstić information content (AvgIpc) is 3.45. The van der Waals surface area contributed by atoms with Gasteiger partial charge in [-0.25, -0.2) is 13.2 Å². The van der Waals surface area contributed by atoms with E-state index in [1.54, 1.807) is 18.9 Å². The quantitative estimate of drug-likeness (QED) is 0.160. The van der Waals surface area contributed by atoms with Crippen molar-refractivity contribution in [3.63, 3.8) is 0 Å². The van der Waals surface area contributed by atoms with Crippen molar-refractivity contribution >= 4 is 39.4 Å². The van der Waals surface area contributed by atoms with Crippen molar-refractivity contribution < 1.29 is 37.8 Å². The van der Waals surface area contributed by atoms with Crippen molar-refractivity contribution in [2.45, 2.75) is 103 Å². The van der Waals surface area contributed by atoms with E-state index in [9.17, 15) is 27.9 Å². The van der Waals surface area contributed by atoms with Crippen LogP contribution in [-0.4, -0.2) is 97.2 Å². The lowest BCUT2D eigenvalue weighted by Crippen LogP contribution is -2.41. The maximum atomic E-state index is 13.5. The lowest BCUT2D eigenvalue weighted by atomic mass is 9.84. The Balaban J connectivity index is 0.000000551. The summed E-state index contributed by atoms with van der Waals surface area (Å²) in [6, 6.07) is 14.2. The molecule has 4 rings (SSSR count). The number of benzene rings is 2. The minimum atomic E-state index is -3.02. The number of aliphatic carboxylic acids is 2. The summed E-state index contributed by atoms with van der Waals surface area (Å²) in [5.41, 5.74) is 4.62. The Kier molecular flexibility index (Phi) is 17.4. The Hall–Kier alpha value is -2.93. The number of carboxylic acids is 2. The van der Waals surface area contributed by atoms with Gasteiger partial charge in [-0.05, 0) is 91.3 Å². The van der Waals surface area contributed by atoms with Crippen LogP contribution in [0.3, 0.4) is 0 Å². The zero-order valence-corrected chi connectivity index (χ0v) is 32.6. The van der Waals surface area contributed by atoms with Gasteiger partial charge in [0.2, 0.25) is 0 Å². The van der Waals surface area contributed by atoms with Crippen LogP contribution in [0.4, 0.5) is 0 Å². The summed E-state index contributed by atoms with van der Waals surface area (Å²) < 4.78 is 26.8. The van der Waals surface area contributed by atoms with Gasteiger partial charge in [-0.15, -0.1) is 0 Å². The predicted molar refractivity (Wildman–Crippen MR) is 205 cm³/mol. The maximum Gasteiger partial charge on any atom is 0.326 e. The number of methoxy groups -OCH3 is 1. The average molecular weight is 747 g/mol. The van der Waals surface area contributed by atoms with Crippen molar-refractivity contribution in [3.05, 3.63) is 59.2 Å². The van der Waals surface area contributed by atoms with Crippen molar-refractivity contribution in [1.29, 1.82) is 0 Å². The zero-order chi connectivity index (χ0) is 37.6. The Labute approximate surface area is 309 Å². The van der Waals surface area contributed by atoms with Crippen LogP contribution in [0.25, 0.3) is 11.1 Å². The van der Waals surface area contributed by atoms with Gasteiger partial charge in [-0.1, -0.05) is 69.4 Å². The molecule has 10 nitrogen and oxygen atoms in total. The number of carbonyl (C=O) groups is 3. The molecule has 0 spiro atoms. The molecule has 1 aliphatic heterocycles. The van der Waals surface area contributed by atoms with Gasteiger partial charge in [-0.3, -0.25) is 14.5 Å². The molecule has 1 amide bonds. The summed E-state index contributed by atoms with van der Waals surface area (Å²) >= 11 is 1.58. The van der Waals surface area contributed by atoms with Crippen molar-refractivity contribution in [2.24, 2.45) is 11.8 Å². The molecule has 0 radical (unpaired) electrons.